The summed E-state index contributed by atoms with van der Waals surface area (Å²) in [5.41, 5.74) is -0.236. The fourth-order valence-corrected chi connectivity index (χ4v) is 2.77. The lowest BCUT2D eigenvalue weighted by Gasteiger charge is -2.21. The van der Waals surface area contributed by atoms with Crippen molar-refractivity contribution in [3.8, 4) is 0 Å². The number of nitrogens with zero attached hydrogens (tertiary/aromatic N) is 4. The molecule has 114 valence electrons. The minimum atomic E-state index is -4.29. The van der Waals surface area contributed by atoms with Crippen LogP contribution in [-0.4, -0.2) is 33.7 Å². The average molecular weight is 307 g/mol. The van der Waals surface area contributed by atoms with Crippen LogP contribution in [0.1, 0.15) is 24.1 Å². The minimum absolute atomic E-state index is 0.0911. The molecule has 1 saturated carbocycles. The quantitative estimate of drug-likeness (QED) is 0.926. The largest absolute Gasteiger partial charge is 0.398 e. The maximum atomic E-state index is 13.5. The number of hydrogen-bond acceptors (Lipinski definition) is 4. The number of aromatic nitrogens is 3. The second-order valence-electron chi connectivity index (χ2n) is 5.49. The summed E-state index contributed by atoms with van der Waals surface area (Å²) in [5, 5.41) is 7.26. The Morgan fingerprint density at radius 1 is 1.27 bits per heavy atom. The van der Waals surface area contributed by atoms with Crippen molar-refractivity contribution in [2.45, 2.75) is 24.4 Å². The molecule has 0 radical (unpaired) electrons. The lowest BCUT2D eigenvalue weighted by Crippen LogP contribution is -2.29. The third-order valence-corrected chi connectivity index (χ3v) is 4.13. The van der Waals surface area contributed by atoms with Crippen molar-refractivity contribution in [3.63, 3.8) is 0 Å². The van der Waals surface area contributed by atoms with Crippen molar-refractivity contribution in [2.75, 3.05) is 6.67 Å². The monoisotopic (exact) mass is 307 g/mol. The predicted octanol–water partition coefficient (Wildman–Crippen LogP) is 2.30. The molecule has 1 aliphatic carbocycles. The highest BCUT2D eigenvalue weighted by molar-refractivity contribution is 6.09. The highest BCUT2D eigenvalue weighted by Gasteiger charge is 2.65. The molecule has 1 fully saturated rings. The zero-order valence-corrected chi connectivity index (χ0v) is 11.4. The molecule has 2 aromatic heterocycles. The minimum Gasteiger partial charge on any atom is -0.372 e. The smallest absolute Gasteiger partial charge is 0.372 e. The van der Waals surface area contributed by atoms with E-state index < -0.39 is 11.6 Å². The fraction of sp³-hybridized carbons (Fsp3) is 0.357. The average Bonchev–Trinajstić information content (AvgIpc) is 3.19. The van der Waals surface area contributed by atoms with Crippen molar-refractivity contribution in [1.29, 1.82) is 0 Å². The van der Waals surface area contributed by atoms with Crippen LogP contribution in [0.4, 0.5) is 13.2 Å². The van der Waals surface area contributed by atoms with E-state index in [0.717, 1.165) is 0 Å². The van der Waals surface area contributed by atoms with E-state index in [1.54, 1.807) is 18.6 Å². The molecule has 1 aliphatic heterocycles. The summed E-state index contributed by atoms with van der Waals surface area (Å²) in [7, 11) is 0. The molecule has 0 spiro atoms. The molecule has 0 unspecified atom stereocenters. The number of aliphatic imine (C=N–C) groups is 1. The van der Waals surface area contributed by atoms with Crippen molar-refractivity contribution in [1.82, 2.24) is 19.9 Å². The Balaban J connectivity index is 1.93. The summed E-state index contributed by atoms with van der Waals surface area (Å²) in [4.78, 5) is 8.12. The van der Waals surface area contributed by atoms with Gasteiger partial charge in [0.05, 0.1) is 11.1 Å². The Labute approximate surface area is 123 Å². The summed E-state index contributed by atoms with van der Waals surface area (Å²) in [6.45, 7) is 0.455. The molecule has 1 N–H and O–H groups in total. The van der Waals surface area contributed by atoms with Crippen LogP contribution in [0, 0.1) is 0 Å². The first-order chi connectivity index (χ1) is 10.5. The SMILES string of the molecule is FC(F)(F)C1(c2cc(C3=CNCN=C3)nn3ccnc23)CC1. The molecule has 0 aromatic carbocycles. The molecule has 8 heteroatoms. The molecule has 0 saturated heterocycles. The first-order valence-corrected chi connectivity index (χ1v) is 6.87. The number of imidazole rings is 1. The Hall–Kier alpha value is -2.38. The van der Waals surface area contributed by atoms with Gasteiger partial charge in [-0.15, -0.1) is 0 Å². The fourth-order valence-electron chi connectivity index (χ4n) is 2.77. The van der Waals surface area contributed by atoms with Gasteiger partial charge in [-0.1, -0.05) is 0 Å². The number of hydrogen-bond donors (Lipinski definition) is 1. The zero-order valence-electron chi connectivity index (χ0n) is 11.4. The maximum absolute atomic E-state index is 13.5. The van der Waals surface area contributed by atoms with E-state index in [9.17, 15) is 13.2 Å². The number of allylic oxidation sites excluding steroid dienone is 1. The van der Waals surface area contributed by atoms with E-state index in [1.807, 2.05) is 0 Å². The molecule has 5 nitrogen and oxygen atoms in total. The summed E-state index contributed by atoms with van der Waals surface area (Å²) in [5.74, 6) is 0. The number of nitrogens with one attached hydrogen (secondary N) is 1. The molecule has 0 bridgehead atoms. The normalized spacial score (nSPS) is 19.9. The Morgan fingerprint density at radius 3 is 2.73 bits per heavy atom. The molecule has 4 rings (SSSR count). The number of fused-ring (bicyclic) bond motifs is 1. The molecule has 22 heavy (non-hydrogen) atoms. The van der Waals surface area contributed by atoms with E-state index in [-0.39, 0.29) is 24.1 Å². The summed E-state index contributed by atoms with van der Waals surface area (Å²) < 4.78 is 41.8. The van der Waals surface area contributed by atoms with Crippen molar-refractivity contribution in [2.24, 2.45) is 4.99 Å². The van der Waals surface area contributed by atoms with Gasteiger partial charge in [0, 0.05) is 35.9 Å². The van der Waals surface area contributed by atoms with Crippen LogP contribution in [0.25, 0.3) is 11.2 Å². The van der Waals surface area contributed by atoms with Crippen LogP contribution in [0.15, 0.2) is 29.7 Å². The van der Waals surface area contributed by atoms with Gasteiger partial charge in [0.1, 0.15) is 6.67 Å². The third kappa shape index (κ3) is 1.83. The molecule has 2 aromatic rings. The van der Waals surface area contributed by atoms with Crippen LogP contribution in [-0.2, 0) is 5.41 Å². The lowest BCUT2D eigenvalue weighted by atomic mass is 9.95. The van der Waals surface area contributed by atoms with Gasteiger partial charge in [-0.3, -0.25) is 4.99 Å². The first kappa shape index (κ1) is 13.3. The summed E-state index contributed by atoms with van der Waals surface area (Å²) in [6.07, 6.45) is 2.23. The summed E-state index contributed by atoms with van der Waals surface area (Å²) >= 11 is 0. The molecule has 0 amide bonds. The topological polar surface area (TPSA) is 54.6 Å². The van der Waals surface area contributed by atoms with Crippen molar-refractivity contribution < 1.29 is 13.2 Å². The highest BCUT2D eigenvalue weighted by Crippen LogP contribution is 2.59. The van der Waals surface area contributed by atoms with E-state index >= 15 is 0 Å². The van der Waals surface area contributed by atoms with Crippen LogP contribution >= 0.6 is 0 Å². The van der Waals surface area contributed by atoms with Gasteiger partial charge in [0.15, 0.2) is 5.65 Å². The molecule has 0 atom stereocenters. The Morgan fingerprint density at radius 2 is 2.09 bits per heavy atom. The maximum Gasteiger partial charge on any atom is 0.398 e. The second kappa shape index (κ2) is 4.31. The zero-order chi connectivity index (χ0) is 15.4. The van der Waals surface area contributed by atoms with Crippen LogP contribution < -0.4 is 5.32 Å². The lowest BCUT2D eigenvalue weighted by molar-refractivity contribution is -0.160. The van der Waals surface area contributed by atoms with Gasteiger partial charge in [-0.25, -0.2) is 9.50 Å². The van der Waals surface area contributed by atoms with Crippen LogP contribution in [0.3, 0.4) is 0 Å². The summed E-state index contributed by atoms with van der Waals surface area (Å²) in [6, 6.07) is 1.49. The van der Waals surface area contributed by atoms with Crippen molar-refractivity contribution in [3.05, 3.63) is 35.9 Å². The first-order valence-electron chi connectivity index (χ1n) is 6.87. The van der Waals surface area contributed by atoms with E-state index in [0.29, 0.717) is 17.9 Å². The standard InChI is InChI=1S/C14H12F3N5/c15-14(16,17)13(1-2-13)10-5-11(9-6-18-8-19-7-9)21-22-4-3-20-12(10)22/h3-7,18H,1-2,8H2. The van der Waals surface area contributed by atoms with Gasteiger partial charge in [-0.2, -0.15) is 18.3 Å². The van der Waals surface area contributed by atoms with Gasteiger partial charge in [0.25, 0.3) is 0 Å². The number of rotatable bonds is 2. The molecule has 3 heterocycles. The van der Waals surface area contributed by atoms with E-state index in [1.165, 1.54) is 16.8 Å². The molecular weight excluding hydrogens is 295 g/mol. The highest BCUT2D eigenvalue weighted by atomic mass is 19.4. The second-order valence-corrected chi connectivity index (χ2v) is 5.49. The third-order valence-electron chi connectivity index (χ3n) is 4.13. The van der Waals surface area contributed by atoms with Gasteiger partial charge >= 0.3 is 6.18 Å². The molecule has 2 aliphatic rings. The Kier molecular flexibility index (Phi) is 2.60. The number of alkyl halides is 3. The van der Waals surface area contributed by atoms with Gasteiger partial charge in [0.2, 0.25) is 0 Å². The van der Waals surface area contributed by atoms with Crippen molar-refractivity contribution >= 4 is 17.4 Å². The Bertz CT molecular complexity index is 798. The molecular formula is C14H12F3N5. The number of halogens is 3. The van der Waals surface area contributed by atoms with Gasteiger partial charge < -0.3 is 5.32 Å². The van der Waals surface area contributed by atoms with Gasteiger partial charge in [-0.05, 0) is 18.9 Å². The van der Waals surface area contributed by atoms with Crippen LogP contribution in [0.5, 0.6) is 0 Å². The van der Waals surface area contributed by atoms with Crippen LogP contribution in [0.2, 0.25) is 0 Å². The van der Waals surface area contributed by atoms with E-state index in [4.69, 9.17) is 0 Å². The predicted molar refractivity (Wildman–Crippen MR) is 74.4 cm³/mol. The van der Waals surface area contributed by atoms with E-state index in [2.05, 4.69) is 20.4 Å².